The van der Waals surface area contributed by atoms with E-state index in [1.165, 1.54) is 0 Å². The normalized spacial score (nSPS) is 12.5. The van der Waals surface area contributed by atoms with Gasteiger partial charge in [-0.3, -0.25) is 9.59 Å². The molecule has 0 aromatic heterocycles. The Morgan fingerprint density at radius 2 is 2.17 bits per heavy atom. The van der Waals surface area contributed by atoms with Crippen molar-refractivity contribution in [2.24, 2.45) is 5.73 Å². The number of carboxylic acid groups (broad SMARTS) is 1. The van der Waals surface area contributed by atoms with Gasteiger partial charge in [-0.15, -0.1) is 0 Å². The van der Waals surface area contributed by atoms with Crippen molar-refractivity contribution < 1.29 is 14.7 Å². The molecule has 1 atom stereocenters. The summed E-state index contributed by atoms with van der Waals surface area (Å²) in [6, 6.07) is -0.652. The van der Waals surface area contributed by atoms with Crippen LogP contribution in [-0.2, 0) is 9.59 Å². The largest absolute Gasteiger partial charge is 0.480 e. The van der Waals surface area contributed by atoms with Gasteiger partial charge in [0.2, 0.25) is 0 Å². The fourth-order valence-electron chi connectivity index (χ4n) is 0.799. The number of ketones is 1. The third-order valence-electron chi connectivity index (χ3n) is 1.59. The van der Waals surface area contributed by atoms with E-state index < -0.39 is 12.0 Å². The lowest BCUT2D eigenvalue weighted by atomic mass is 10.1. The van der Waals surface area contributed by atoms with Crippen molar-refractivity contribution in [1.82, 2.24) is 5.32 Å². The van der Waals surface area contributed by atoms with Crippen LogP contribution in [0, 0.1) is 0 Å². The lowest BCUT2D eigenvalue weighted by Gasteiger charge is -2.09. The van der Waals surface area contributed by atoms with Crippen LogP contribution in [0.4, 0.5) is 0 Å². The molecule has 0 unspecified atom stereocenters. The van der Waals surface area contributed by atoms with Crippen molar-refractivity contribution in [3.63, 3.8) is 0 Å². The van der Waals surface area contributed by atoms with Crippen molar-refractivity contribution >= 4 is 11.8 Å². The molecule has 5 nitrogen and oxygen atoms in total. The number of hydrogen-bond acceptors (Lipinski definition) is 4. The Hall–Kier alpha value is -0.940. The summed E-state index contributed by atoms with van der Waals surface area (Å²) in [5.74, 6) is -1.06. The number of carbonyl (C=O) groups excluding carboxylic acids is 1. The molecule has 0 bridgehead atoms. The minimum absolute atomic E-state index is 0.0178. The van der Waals surface area contributed by atoms with Gasteiger partial charge in [0, 0.05) is 6.42 Å². The van der Waals surface area contributed by atoms with Crippen LogP contribution in [0.25, 0.3) is 0 Å². The number of likely N-dealkylation sites (N-methyl/N-ethyl adjacent to an activating group) is 1. The van der Waals surface area contributed by atoms with Gasteiger partial charge in [-0.2, -0.15) is 0 Å². The molecule has 0 aliphatic heterocycles. The molecule has 0 aliphatic carbocycles. The molecule has 5 heteroatoms. The van der Waals surface area contributed by atoms with Gasteiger partial charge in [-0.1, -0.05) is 0 Å². The van der Waals surface area contributed by atoms with Gasteiger partial charge < -0.3 is 16.2 Å². The summed E-state index contributed by atoms with van der Waals surface area (Å²) in [6.07, 6.45) is 0.510. The second kappa shape index (κ2) is 5.68. The van der Waals surface area contributed by atoms with Gasteiger partial charge in [0.15, 0.2) is 0 Å². The van der Waals surface area contributed by atoms with Crippen molar-refractivity contribution in [3.05, 3.63) is 0 Å². The highest BCUT2D eigenvalue weighted by Crippen LogP contribution is 1.97. The first kappa shape index (κ1) is 11.1. The molecule has 0 amide bonds. The predicted molar refractivity (Wildman–Crippen MR) is 43.8 cm³/mol. The van der Waals surface area contributed by atoms with E-state index in [4.69, 9.17) is 10.8 Å². The highest BCUT2D eigenvalue weighted by Gasteiger charge is 2.15. The van der Waals surface area contributed by atoms with E-state index in [1.807, 2.05) is 0 Å². The van der Waals surface area contributed by atoms with Crippen LogP contribution >= 0.6 is 0 Å². The molecule has 70 valence electrons. The fraction of sp³-hybridized carbons (Fsp3) is 0.714. The first-order chi connectivity index (χ1) is 5.61. The van der Waals surface area contributed by atoms with Crippen molar-refractivity contribution in [2.45, 2.75) is 18.9 Å². The van der Waals surface area contributed by atoms with E-state index >= 15 is 0 Å². The van der Waals surface area contributed by atoms with Gasteiger partial charge in [0.1, 0.15) is 11.8 Å². The van der Waals surface area contributed by atoms with E-state index in [0.717, 1.165) is 0 Å². The van der Waals surface area contributed by atoms with Crippen molar-refractivity contribution in [3.8, 4) is 0 Å². The predicted octanol–water partition coefficient (Wildman–Crippen LogP) is -1.03. The van der Waals surface area contributed by atoms with Gasteiger partial charge in [0.25, 0.3) is 0 Å². The Bertz CT molecular complexity index is 170. The Labute approximate surface area is 70.9 Å². The molecule has 0 heterocycles. The molecular formula is C7H14N2O3. The lowest BCUT2D eigenvalue weighted by Crippen LogP contribution is -2.34. The SMILES string of the molecule is CN[C@H](CCC(=O)CN)C(=O)O. The summed E-state index contributed by atoms with van der Waals surface area (Å²) in [6.45, 7) is -0.0178. The van der Waals surface area contributed by atoms with E-state index in [0.29, 0.717) is 6.42 Å². The number of aliphatic carboxylic acids is 1. The summed E-state index contributed by atoms with van der Waals surface area (Å²) >= 11 is 0. The average Bonchev–Trinajstić information content (AvgIpc) is 2.04. The van der Waals surface area contributed by atoms with E-state index in [1.54, 1.807) is 7.05 Å². The minimum Gasteiger partial charge on any atom is -0.480 e. The number of carboxylic acids is 1. The molecule has 0 radical (unpaired) electrons. The summed E-state index contributed by atoms with van der Waals surface area (Å²) in [5.41, 5.74) is 5.06. The number of nitrogens with one attached hydrogen (secondary N) is 1. The molecule has 0 aromatic rings. The zero-order chi connectivity index (χ0) is 9.56. The smallest absolute Gasteiger partial charge is 0.320 e. The lowest BCUT2D eigenvalue weighted by molar-refractivity contribution is -0.139. The molecule has 0 fully saturated rings. The molecular weight excluding hydrogens is 160 g/mol. The highest BCUT2D eigenvalue weighted by atomic mass is 16.4. The zero-order valence-electron chi connectivity index (χ0n) is 7.04. The minimum atomic E-state index is -0.942. The molecule has 0 saturated carbocycles. The number of hydrogen-bond donors (Lipinski definition) is 3. The zero-order valence-corrected chi connectivity index (χ0v) is 7.04. The number of carbonyl (C=O) groups is 2. The molecule has 0 saturated heterocycles. The maximum atomic E-state index is 10.7. The standard InChI is InChI=1S/C7H14N2O3/c1-9-6(7(11)12)3-2-5(10)4-8/h6,9H,2-4,8H2,1H3,(H,11,12)/t6-/m1/s1. The van der Waals surface area contributed by atoms with E-state index in [2.05, 4.69) is 5.32 Å². The van der Waals surface area contributed by atoms with Crippen LogP contribution in [0.1, 0.15) is 12.8 Å². The molecule has 0 aliphatic rings. The Balaban J connectivity index is 3.73. The molecule has 0 spiro atoms. The second-order valence-corrected chi connectivity index (χ2v) is 2.46. The van der Waals surface area contributed by atoms with Crippen LogP contribution in [0.3, 0.4) is 0 Å². The van der Waals surface area contributed by atoms with Crippen LogP contribution in [0.15, 0.2) is 0 Å². The van der Waals surface area contributed by atoms with Gasteiger partial charge in [-0.25, -0.2) is 0 Å². The summed E-state index contributed by atoms with van der Waals surface area (Å²) in [5, 5.41) is 11.1. The van der Waals surface area contributed by atoms with Crippen LogP contribution in [0.5, 0.6) is 0 Å². The third-order valence-corrected chi connectivity index (χ3v) is 1.59. The van der Waals surface area contributed by atoms with Gasteiger partial charge in [-0.05, 0) is 13.5 Å². The monoisotopic (exact) mass is 174 g/mol. The Morgan fingerprint density at radius 1 is 1.58 bits per heavy atom. The maximum Gasteiger partial charge on any atom is 0.320 e. The maximum absolute atomic E-state index is 10.7. The van der Waals surface area contributed by atoms with Gasteiger partial charge in [0.05, 0.1) is 6.54 Å². The molecule has 0 rings (SSSR count). The summed E-state index contributed by atoms with van der Waals surface area (Å²) < 4.78 is 0. The van der Waals surface area contributed by atoms with Crippen LogP contribution in [0.2, 0.25) is 0 Å². The van der Waals surface area contributed by atoms with Crippen LogP contribution < -0.4 is 11.1 Å². The van der Waals surface area contributed by atoms with Gasteiger partial charge >= 0.3 is 5.97 Å². The van der Waals surface area contributed by atoms with Crippen molar-refractivity contribution in [1.29, 1.82) is 0 Å². The molecule has 12 heavy (non-hydrogen) atoms. The number of nitrogens with two attached hydrogens (primary N) is 1. The average molecular weight is 174 g/mol. The molecule has 0 aromatic carbocycles. The third kappa shape index (κ3) is 4.05. The molecule has 4 N–H and O–H groups in total. The first-order valence-electron chi connectivity index (χ1n) is 3.73. The Kier molecular flexibility index (Phi) is 5.23. The van der Waals surface area contributed by atoms with Crippen molar-refractivity contribution in [2.75, 3.05) is 13.6 Å². The van der Waals surface area contributed by atoms with E-state index in [9.17, 15) is 9.59 Å². The second-order valence-electron chi connectivity index (χ2n) is 2.46. The van der Waals surface area contributed by atoms with E-state index in [-0.39, 0.29) is 18.7 Å². The quantitative estimate of drug-likeness (QED) is 0.478. The number of Topliss-reactive ketones (excluding diaryl/α,β-unsaturated/α-hetero) is 1. The fourth-order valence-corrected chi connectivity index (χ4v) is 0.799. The highest BCUT2D eigenvalue weighted by molar-refractivity contribution is 5.81. The Morgan fingerprint density at radius 3 is 2.50 bits per heavy atom. The topological polar surface area (TPSA) is 92.4 Å². The number of rotatable bonds is 6. The summed E-state index contributed by atoms with van der Waals surface area (Å²) in [4.78, 5) is 21.1. The first-order valence-corrected chi connectivity index (χ1v) is 3.73. The summed E-state index contributed by atoms with van der Waals surface area (Å²) in [7, 11) is 1.55. The van der Waals surface area contributed by atoms with Crippen LogP contribution in [-0.4, -0.2) is 36.5 Å².